The molecule has 41 heavy (non-hydrogen) atoms. The van der Waals surface area contributed by atoms with Crippen molar-refractivity contribution >= 4 is 11.1 Å². The Balaban J connectivity index is 1.55. The van der Waals surface area contributed by atoms with Crippen LogP contribution >= 0.6 is 0 Å². The molecule has 2 aliphatic carbocycles. The SMILES string of the molecule is CC(C)(C)c1cc(C2=C(C3=CC=C(O[C@H]4CCN(CCCF)C4)CC=C3)c3ccc(OF)cc3CCC2)cc(F)n1. The first-order valence-electron chi connectivity index (χ1n) is 14.6. The van der Waals surface area contributed by atoms with E-state index < -0.39 is 5.95 Å². The van der Waals surface area contributed by atoms with Crippen molar-refractivity contribution in [2.75, 3.05) is 26.3 Å². The van der Waals surface area contributed by atoms with Crippen LogP contribution in [0.4, 0.5) is 13.3 Å². The number of halogens is 3. The predicted octanol–water partition coefficient (Wildman–Crippen LogP) is 8.25. The molecule has 2 heterocycles. The molecule has 0 spiro atoms. The first-order valence-corrected chi connectivity index (χ1v) is 14.6. The van der Waals surface area contributed by atoms with Crippen molar-refractivity contribution < 1.29 is 23.0 Å². The van der Waals surface area contributed by atoms with E-state index in [9.17, 15) is 13.3 Å². The number of alkyl halides is 1. The molecule has 2 aromatic rings. The van der Waals surface area contributed by atoms with Crippen LogP contribution in [0.3, 0.4) is 0 Å². The molecule has 0 bridgehead atoms. The third-order valence-corrected chi connectivity index (χ3v) is 8.03. The molecule has 3 aliphatic rings. The minimum Gasteiger partial charge on any atom is -0.493 e. The number of aryl methyl sites for hydroxylation is 1. The number of ether oxygens (including phenoxy) is 1. The van der Waals surface area contributed by atoms with Gasteiger partial charge in [0.2, 0.25) is 5.95 Å². The van der Waals surface area contributed by atoms with E-state index in [-0.39, 0.29) is 23.9 Å². The van der Waals surface area contributed by atoms with Gasteiger partial charge >= 0.3 is 0 Å². The number of pyridine rings is 1. The third kappa shape index (κ3) is 6.95. The second-order valence-corrected chi connectivity index (χ2v) is 12.2. The first kappa shape index (κ1) is 29.2. The van der Waals surface area contributed by atoms with Crippen LogP contribution in [-0.4, -0.2) is 42.3 Å². The number of likely N-dealkylation sites (tertiary alicyclic amines) is 1. The predicted molar refractivity (Wildman–Crippen MR) is 157 cm³/mol. The highest BCUT2D eigenvalue weighted by Crippen LogP contribution is 2.42. The van der Waals surface area contributed by atoms with E-state index in [1.807, 2.05) is 39.0 Å². The summed E-state index contributed by atoms with van der Waals surface area (Å²) >= 11 is 0. The van der Waals surface area contributed by atoms with Crippen LogP contribution < -0.4 is 4.94 Å². The molecular formula is C34H39F3N2O2. The maximum Gasteiger partial charge on any atom is 0.213 e. The van der Waals surface area contributed by atoms with Crippen molar-refractivity contribution in [1.29, 1.82) is 0 Å². The number of aromatic nitrogens is 1. The summed E-state index contributed by atoms with van der Waals surface area (Å²) in [6.07, 6.45) is 12.8. The van der Waals surface area contributed by atoms with Gasteiger partial charge in [0.05, 0.1) is 6.67 Å². The van der Waals surface area contributed by atoms with E-state index >= 15 is 0 Å². The van der Waals surface area contributed by atoms with Crippen molar-refractivity contribution in [3.63, 3.8) is 0 Å². The molecule has 0 unspecified atom stereocenters. The Kier molecular flexibility index (Phi) is 9.03. The fourth-order valence-electron chi connectivity index (χ4n) is 5.94. The van der Waals surface area contributed by atoms with Gasteiger partial charge in [-0.15, -0.1) is 0 Å². The molecule has 4 nitrogen and oxygen atoms in total. The zero-order valence-electron chi connectivity index (χ0n) is 24.2. The van der Waals surface area contributed by atoms with Gasteiger partial charge in [-0.1, -0.05) is 45.1 Å². The molecule has 1 atom stereocenters. The van der Waals surface area contributed by atoms with Gasteiger partial charge in [-0.25, -0.2) is 4.98 Å². The van der Waals surface area contributed by atoms with Gasteiger partial charge in [0, 0.05) is 47.8 Å². The monoisotopic (exact) mass is 564 g/mol. The third-order valence-electron chi connectivity index (χ3n) is 8.03. The van der Waals surface area contributed by atoms with E-state index in [4.69, 9.17) is 4.74 Å². The highest BCUT2D eigenvalue weighted by molar-refractivity contribution is 6.01. The van der Waals surface area contributed by atoms with Gasteiger partial charge in [-0.3, -0.25) is 14.2 Å². The number of allylic oxidation sites excluding steroid dienone is 7. The maximum absolute atomic E-state index is 14.9. The molecule has 5 rings (SSSR count). The van der Waals surface area contributed by atoms with Crippen molar-refractivity contribution in [3.05, 3.63) is 94.3 Å². The van der Waals surface area contributed by atoms with Crippen LogP contribution in [0.1, 0.15) is 75.3 Å². The number of hydrogen-bond donors (Lipinski definition) is 0. The number of hydrogen-bond acceptors (Lipinski definition) is 4. The van der Waals surface area contributed by atoms with Crippen molar-refractivity contribution in [3.8, 4) is 5.75 Å². The lowest BCUT2D eigenvalue weighted by Crippen LogP contribution is -2.24. The average molecular weight is 565 g/mol. The summed E-state index contributed by atoms with van der Waals surface area (Å²) in [6, 6.07) is 8.82. The summed E-state index contributed by atoms with van der Waals surface area (Å²) in [4.78, 5) is 10.5. The lowest BCUT2D eigenvalue weighted by atomic mass is 9.85. The fraction of sp³-hybridized carbons (Fsp3) is 0.441. The lowest BCUT2D eigenvalue weighted by Gasteiger charge is -2.21. The highest BCUT2D eigenvalue weighted by atomic mass is 19.3. The Hall–Kier alpha value is -3.32. The van der Waals surface area contributed by atoms with Crippen LogP contribution in [0.2, 0.25) is 0 Å². The number of rotatable bonds is 8. The number of fused-ring (bicyclic) bond motifs is 1. The van der Waals surface area contributed by atoms with Crippen LogP contribution in [0.15, 0.2) is 66.0 Å². The standard InChI is InChI=1S/C34H39F3N2O2/c1-34(2,3)31-20-25(21-32(36)38-31)29-10-5-8-24-19-27(41-37)13-14-30(24)33(29)23-7-4-9-26(12-11-23)40-28-15-18-39(22-28)17-6-16-35/h4,7,11-14,19-21,28H,5-6,8-10,15-18,22H2,1-3H3/t28-/m0/s1. The van der Waals surface area contributed by atoms with E-state index in [1.54, 1.807) is 12.1 Å². The Bertz CT molecular complexity index is 1390. The summed E-state index contributed by atoms with van der Waals surface area (Å²) in [5.74, 6) is 0.563. The van der Waals surface area contributed by atoms with Gasteiger partial charge in [0.25, 0.3) is 0 Å². The zero-order valence-corrected chi connectivity index (χ0v) is 24.2. The second kappa shape index (κ2) is 12.7. The minimum absolute atomic E-state index is 0.0901. The first-order chi connectivity index (χ1) is 19.7. The lowest BCUT2D eigenvalue weighted by molar-refractivity contribution is -0.00629. The van der Waals surface area contributed by atoms with Gasteiger partial charge < -0.3 is 4.74 Å². The van der Waals surface area contributed by atoms with Crippen molar-refractivity contribution in [2.24, 2.45) is 0 Å². The Labute approximate surface area is 241 Å². The van der Waals surface area contributed by atoms with E-state index in [0.29, 0.717) is 18.5 Å². The normalized spacial score (nSPS) is 19.8. The average Bonchev–Trinajstić information content (AvgIpc) is 3.14. The van der Waals surface area contributed by atoms with Crippen LogP contribution in [0.25, 0.3) is 11.1 Å². The molecule has 218 valence electrons. The van der Waals surface area contributed by atoms with Crippen LogP contribution in [-0.2, 0) is 16.6 Å². The van der Waals surface area contributed by atoms with E-state index in [1.165, 1.54) is 6.07 Å². The van der Waals surface area contributed by atoms with Gasteiger partial charge in [-0.2, -0.15) is 4.39 Å². The minimum atomic E-state index is -0.497. The quantitative estimate of drug-likeness (QED) is 0.303. The van der Waals surface area contributed by atoms with Crippen molar-refractivity contribution in [2.45, 2.75) is 70.8 Å². The van der Waals surface area contributed by atoms with Gasteiger partial charge in [0.15, 0.2) is 5.75 Å². The highest BCUT2D eigenvalue weighted by Gasteiger charge is 2.26. The van der Waals surface area contributed by atoms with Crippen LogP contribution in [0, 0.1) is 5.95 Å². The topological polar surface area (TPSA) is 34.6 Å². The zero-order chi connectivity index (χ0) is 29.0. The second-order valence-electron chi connectivity index (χ2n) is 12.2. The van der Waals surface area contributed by atoms with E-state index in [2.05, 4.69) is 33.1 Å². The molecule has 1 fully saturated rings. The maximum atomic E-state index is 14.9. The molecular weight excluding hydrogens is 525 g/mol. The van der Waals surface area contributed by atoms with Crippen molar-refractivity contribution in [1.82, 2.24) is 9.88 Å². The van der Waals surface area contributed by atoms with E-state index in [0.717, 1.165) is 84.5 Å². The molecule has 0 amide bonds. The molecule has 1 aromatic heterocycles. The molecule has 0 saturated carbocycles. The largest absolute Gasteiger partial charge is 0.493 e. The summed E-state index contributed by atoms with van der Waals surface area (Å²) in [5, 5.41) is 0. The molecule has 0 radical (unpaired) electrons. The molecule has 1 aliphatic heterocycles. The Morgan fingerprint density at radius 3 is 2.73 bits per heavy atom. The molecule has 0 N–H and O–H groups in total. The summed E-state index contributed by atoms with van der Waals surface area (Å²) < 4.78 is 47.0. The Morgan fingerprint density at radius 2 is 1.95 bits per heavy atom. The van der Waals surface area contributed by atoms with Gasteiger partial charge in [0.1, 0.15) is 11.9 Å². The number of nitrogens with zero attached hydrogens (tertiary/aromatic N) is 2. The molecule has 7 heteroatoms. The summed E-state index contributed by atoms with van der Waals surface area (Å²) in [6.45, 7) is 8.29. The summed E-state index contributed by atoms with van der Waals surface area (Å²) in [7, 11) is 0. The molecule has 1 aromatic carbocycles. The van der Waals surface area contributed by atoms with Gasteiger partial charge in [-0.05, 0) is 89.8 Å². The fourth-order valence-corrected chi connectivity index (χ4v) is 5.94. The molecule has 1 saturated heterocycles. The smallest absolute Gasteiger partial charge is 0.213 e. The Morgan fingerprint density at radius 1 is 1.10 bits per heavy atom. The number of benzene rings is 1. The van der Waals surface area contributed by atoms with Crippen LogP contribution in [0.5, 0.6) is 5.75 Å². The summed E-state index contributed by atoms with van der Waals surface area (Å²) in [5.41, 5.74) is 6.21.